The maximum Gasteiger partial charge on any atom is 0.338 e. The number of thiazole rings is 1. The van der Waals surface area contributed by atoms with Crippen LogP contribution >= 0.6 is 11.3 Å². The van der Waals surface area contributed by atoms with Gasteiger partial charge in [0.2, 0.25) is 6.79 Å². The summed E-state index contributed by atoms with van der Waals surface area (Å²) in [5.41, 5.74) is 2.87. The average molecular weight is 576 g/mol. The Morgan fingerprint density at radius 2 is 2.02 bits per heavy atom. The van der Waals surface area contributed by atoms with Gasteiger partial charge in [-0.05, 0) is 49.7 Å². The van der Waals surface area contributed by atoms with Crippen molar-refractivity contribution in [1.29, 1.82) is 0 Å². The second-order valence-electron chi connectivity index (χ2n) is 9.19. The van der Waals surface area contributed by atoms with E-state index in [1.807, 2.05) is 0 Å². The number of esters is 1. The van der Waals surface area contributed by atoms with Crippen LogP contribution in [-0.2, 0) is 9.53 Å². The van der Waals surface area contributed by atoms with Gasteiger partial charge in [-0.3, -0.25) is 9.36 Å². The molecule has 0 amide bonds. The van der Waals surface area contributed by atoms with Gasteiger partial charge in [0.1, 0.15) is 23.0 Å². The van der Waals surface area contributed by atoms with Crippen LogP contribution in [-0.4, -0.2) is 31.0 Å². The first-order valence-electron chi connectivity index (χ1n) is 12.7. The first kappa shape index (κ1) is 26.6. The number of rotatable bonds is 7. The number of methoxy groups -OCH3 is 1. The highest BCUT2D eigenvalue weighted by Crippen LogP contribution is 2.38. The molecule has 2 aliphatic heterocycles. The Bertz CT molecular complexity index is 1880. The normalized spacial score (nSPS) is 16.0. The Morgan fingerprint density at radius 1 is 1.20 bits per heavy atom. The fraction of sp³-hybridized carbons (Fsp3) is 0.207. The number of quaternary nitrogens is 1. The van der Waals surface area contributed by atoms with Crippen molar-refractivity contribution in [1.82, 2.24) is 4.57 Å². The Labute approximate surface area is 237 Å². The van der Waals surface area contributed by atoms with Gasteiger partial charge in [0.15, 0.2) is 16.3 Å². The van der Waals surface area contributed by atoms with Gasteiger partial charge in [0.25, 0.3) is 5.56 Å². The zero-order chi connectivity index (χ0) is 28.7. The Hall–Kier alpha value is -4.65. The first-order chi connectivity index (χ1) is 19.9. The highest BCUT2D eigenvalue weighted by atomic mass is 32.1. The van der Waals surface area contributed by atoms with Crippen LogP contribution < -0.4 is 34.6 Å². The van der Waals surface area contributed by atoms with Gasteiger partial charge in [0, 0.05) is 18.2 Å². The predicted octanol–water partition coefficient (Wildman–Crippen LogP) is 2.49. The molecule has 0 spiro atoms. The lowest BCUT2D eigenvalue weighted by molar-refractivity contribution is -0.497. The second kappa shape index (κ2) is 10.7. The quantitative estimate of drug-likeness (QED) is 0.201. The van der Waals surface area contributed by atoms with Gasteiger partial charge in [-0.2, -0.15) is 0 Å². The molecule has 0 bridgehead atoms. The summed E-state index contributed by atoms with van der Waals surface area (Å²) in [6.07, 6.45) is 1.63. The number of allylic oxidation sites excluding steroid dienone is 1. The molecule has 11 nitrogen and oxygen atoms in total. The minimum Gasteiger partial charge on any atom is -0.630 e. The number of nitrogens with zero attached hydrogens (tertiary/aromatic N) is 2. The van der Waals surface area contributed by atoms with Crippen molar-refractivity contribution in [3.63, 3.8) is 0 Å². The van der Waals surface area contributed by atoms with E-state index in [1.54, 1.807) is 68.5 Å². The number of benzene rings is 2. The molecule has 0 saturated carbocycles. The lowest BCUT2D eigenvalue weighted by atomic mass is 9.95. The summed E-state index contributed by atoms with van der Waals surface area (Å²) in [6.45, 7) is 3.72. The van der Waals surface area contributed by atoms with Crippen molar-refractivity contribution in [2.24, 2.45) is 4.99 Å². The van der Waals surface area contributed by atoms with Crippen molar-refractivity contribution >= 4 is 29.1 Å². The van der Waals surface area contributed by atoms with Crippen LogP contribution in [0, 0.1) is 5.21 Å². The van der Waals surface area contributed by atoms with E-state index in [1.165, 1.54) is 23.0 Å². The van der Waals surface area contributed by atoms with Gasteiger partial charge in [-0.15, -0.1) is 0 Å². The van der Waals surface area contributed by atoms with Crippen LogP contribution in [0.3, 0.4) is 0 Å². The van der Waals surface area contributed by atoms with E-state index in [9.17, 15) is 14.8 Å². The molecule has 210 valence electrons. The standard InChI is InChI=1S/C29H25N3O8S/c1-4-37-28(34)25-15(2)30-29-32(26(25)16-5-8-22-23(11-16)39-14-38-22)27(33)24(41-29)13-18-7-10-21(40-18)19-12-17(31-35)6-9-20(19)36-3/h5-13,26H,4,14,31H2,1-3H3/b24-13-. The number of nitrogens with two attached hydrogens (primary N) is 1. The average Bonchev–Trinajstić information content (AvgIpc) is 3.71. The molecule has 4 aromatic rings. The van der Waals surface area contributed by atoms with E-state index in [0.29, 0.717) is 60.6 Å². The van der Waals surface area contributed by atoms with Crippen LogP contribution in [0.4, 0.5) is 5.69 Å². The number of hydrogen-bond acceptors (Lipinski definition) is 10. The molecule has 2 aliphatic rings. The Balaban J connectivity index is 1.47. The monoisotopic (exact) mass is 575 g/mol. The maximum absolute atomic E-state index is 13.9. The van der Waals surface area contributed by atoms with Crippen molar-refractivity contribution in [2.45, 2.75) is 19.9 Å². The van der Waals surface area contributed by atoms with Crippen molar-refractivity contribution in [3.8, 4) is 28.6 Å². The molecule has 0 fully saturated rings. The van der Waals surface area contributed by atoms with Crippen LogP contribution in [0.2, 0.25) is 0 Å². The number of aromatic nitrogens is 1. The zero-order valence-electron chi connectivity index (χ0n) is 22.3. The van der Waals surface area contributed by atoms with E-state index in [4.69, 9.17) is 23.4 Å². The minimum absolute atomic E-state index is 0.0948. The molecule has 41 heavy (non-hydrogen) atoms. The largest absolute Gasteiger partial charge is 0.630 e. The van der Waals surface area contributed by atoms with Crippen molar-refractivity contribution < 1.29 is 33.6 Å². The molecule has 6 rings (SSSR count). The third kappa shape index (κ3) is 4.71. The Morgan fingerprint density at radius 3 is 2.80 bits per heavy atom. The third-order valence-electron chi connectivity index (χ3n) is 6.75. The van der Waals surface area contributed by atoms with Crippen LogP contribution in [0.25, 0.3) is 17.4 Å². The fourth-order valence-electron chi connectivity index (χ4n) is 4.89. The van der Waals surface area contributed by atoms with E-state index in [-0.39, 0.29) is 24.5 Å². The second-order valence-corrected chi connectivity index (χ2v) is 10.2. The highest BCUT2D eigenvalue weighted by molar-refractivity contribution is 7.07. The van der Waals surface area contributed by atoms with E-state index >= 15 is 0 Å². The van der Waals surface area contributed by atoms with E-state index in [0.717, 1.165) is 5.48 Å². The van der Waals surface area contributed by atoms with Gasteiger partial charge < -0.3 is 34.1 Å². The number of ether oxygens (including phenoxy) is 4. The van der Waals surface area contributed by atoms with Crippen LogP contribution in [0.1, 0.15) is 31.2 Å². The lowest BCUT2D eigenvalue weighted by Gasteiger charge is -2.24. The first-order valence-corrected chi connectivity index (χ1v) is 13.6. The number of carbonyl (C=O) groups excluding carboxylic acids is 1. The van der Waals surface area contributed by atoms with Crippen molar-refractivity contribution in [2.75, 3.05) is 20.5 Å². The summed E-state index contributed by atoms with van der Waals surface area (Å²) in [4.78, 5) is 32.0. The molecule has 1 atom stereocenters. The fourth-order valence-corrected chi connectivity index (χ4v) is 5.91. The summed E-state index contributed by atoms with van der Waals surface area (Å²) >= 11 is 1.19. The molecule has 2 aromatic heterocycles. The molecule has 1 unspecified atom stereocenters. The molecule has 0 radical (unpaired) electrons. The molecule has 0 saturated heterocycles. The van der Waals surface area contributed by atoms with E-state index in [2.05, 4.69) is 4.99 Å². The number of furan rings is 1. The number of hydrogen-bond donors (Lipinski definition) is 1. The third-order valence-corrected chi connectivity index (χ3v) is 7.74. The SMILES string of the molecule is CCOC(=O)C1=C(C)N=c2s/c(=C\c3ccc(-c4cc([NH2+][O-])ccc4OC)o3)c(=O)n2C1c1ccc2c(c1)OCO2. The van der Waals surface area contributed by atoms with Gasteiger partial charge in [-0.25, -0.2) is 9.79 Å². The summed E-state index contributed by atoms with van der Waals surface area (Å²) < 4.78 is 29.7. The smallest absolute Gasteiger partial charge is 0.338 e. The highest BCUT2D eigenvalue weighted by Gasteiger charge is 2.34. The molecular formula is C29H25N3O8S. The van der Waals surface area contributed by atoms with Crippen LogP contribution in [0.5, 0.6) is 17.2 Å². The minimum atomic E-state index is -0.788. The molecule has 2 N–H and O–H groups in total. The topological polar surface area (TPSA) is 141 Å². The summed E-state index contributed by atoms with van der Waals surface area (Å²) in [5.74, 6) is 2.01. The summed E-state index contributed by atoms with van der Waals surface area (Å²) in [5, 5.41) is 11.3. The van der Waals surface area contributed by atoms with E-state index < -0.39 is 12.0 Å². The number of fused-ring (bicyclic) bond motifs is 2. The molecule has 0 aliphatic carbocycles. The van der Waals surface area contributed by atoms with Gasteiger partial charge in [-0.1, -0.05) is 17.4 Å². The number of carbonyl (C=O) groups is 1. The maximum atomic E-state index is 13.9. The zero-order valence-corrected chi connectivity index (χ0v) is 23.2. The summed E-state index contributed by atoms with van der Waals surface area (Å²) in [6, 6.07) is 13.0. The van der Waals surface area contributed by atoms with Gasteiger partial charge >= 0.3 is 5.97 Å². The van der Waals surface area contributed by atoms with Crippen molar-refractivity contribution in [3.05, 3.63) is 96.0 Å². The van der Waals surface area contributed by atoms with Crippen LogP contribution in [0.15, 0.2) is 74.0 Å². The Kier molecular flexibility index (Phi) is 6.95. The molecule has 12 heteroatoms. The summed E-state index contributed by atoms with van der Waals surface area (Å²) in [7, 11) is 1.53. The predicted molar refractivity (Wildman–Crippen MR) is 149 cm³/mol. The molecule has 2 aromatic carbocycles. The molecular weight excluding hydrogens is 550 g/mol. The lowest BCUT2D eigenvalue weighted by Crippen LogP contribution is -2.70. The molecule has 4 heterocycles. The van der Waals surface area contributed by atoms with Gasteiger partial charge in [0.05, 0.1) is 41.1 Å².